The van der Waals surface area contributed by atoms with Gasteiger partial charge in [0.15, 0.2) is 0 Å². The largest absolute Gasteiger partial charge is 0.393 e. The molecule has 1 aromatic rings. The second-order valence-corrected chi connectivity index (χ2v) is 4.14. The third kappa shape index (κ3) is 3.89. The first-order chi connectivity index (χ1) is 6.20. The Labute approximate surface area is 83.6 Å². The number of thiophene rings is 1. The van der Waals surface area contributed by atoms with Crippen LogP contribution in [0.1, 0.15) is 24.5 Å². The molecule has 1 aromatic heterocycles. The van der Waals surface area contributed by atoms with Crippen molar-refractivity contribution in [2.24, 2.45) is 0 Å². The summed E-state index contributed by atoms with van der Waals surface area (Å²) < 4.78 is 0. The molecule has 0 aliphatic heterocycles. The minimum atomic E-state index is -0.198. The zero-order chi connectivity index (χ0) is 9.68. The molecule has 0 saturated carbocycles. The number of aliphatic hydroxyl groups excluding tert-OH is 1. The Kier molecular flexibility index (Phi) is 4.42. The third-order valence-corrected chi connectivity index (χ3v) is 2.93. The molecule has 0 saturated heterocycles. The molecule has 0 spiro atoms. The van der Waals surface area contributed by atoms with Crippen molar-refractivity contribution >= 4 is 11.3 Å². The van der Waals surface area contributed by atoms with E-state index in [2.05, 4.69) is 23.0 Å². The van der Waals surface area contributed by atoms with Crippen molar-refractivity contribution in [3.05, 3.63) is 21.9 Å². The van der Waals surface area contributed by atoms with E-state index in [1.54, 1.807) is 11.3 Å². The van der Waals surface area contributed by atoms with Gasteiger partial charge in [0.2, 0.25) is 0 Å². The van der Waals surface area contributed by atoms with E-state index < -0.39 is 0 Å². The minimum Gasteiger partial charge on any atom is -0.393 e. The standard InChI is InChI=1S/C10H17NOS/c1-8-6-13-7-10(8)5-11-4-3-9(2)12/h6-7,9,11-12H,3-5H2,1-2H3. The van der Waals surface area contributed by atoms with E-state index >= 15 is 0 Å². The quantitative estimate of drug-likeness (QED) is 0.710. The summed E-state index contributed by atoms with van der Waals surface area (Å²) in [5.41, 5.74) is 2.73. The fourth-order valence-corrected chi connectivity index (χ4v) is 1.96. The first kappa shape index (κ1) is 10.7. The molecule has 2 N–H and O–H groups in total. The van der Waals surface area contributed by atoms with Crippen molar-refractivity contribution in [3.8, 4) is 0 Å². The van der Waals surface area contributed by atoms with E-state index in [4.69, 9.17) is 5.11 Å². The molecule has 3 heteroatoms. The molecule has 1 unspecified atom stereocenters. The van der Waals surface area contributed by atoms with Gasteiger partial charge < -0.3 is 10.4 Å². The number of aliphatic hydroxyl groups is 1. The lowest BCUT2D eigenvalue weighted by Gasteiger charge is -2.05. The van der Waals surface area contributed by atoms with Gasteiger partial charge in [-0.25, -0.2) is 0 Å². The van der Waals surface area contributed by atoms with Crippen molar-refractivity contribution < 1.29 is 5.11 Å². The van der Waals surface area contributed by atoms with E-state index in [-0.39, 0.29) is 6.10 Å². The van der Waals surface area contributed by atoms with Crippen LogP contribution in [0.4, 0.5) is 0 Å². The third-order valence-electron chi connectivity index (χ3n) is 2.02. The van der Waals surface area contributed by atoms with Gasteiger partial charge in [0.1, 0.15) is 0 Å². The van der Waals surface area contributed by atoms with Crippen LogP contribution >= 0.6 is 11.3 Å². The molecular weight excluding hydrogens is 182 g/mol. The van der Waals surface area contributed by atoms with E-state index in [0.29, 0.717) is 0 Å². The molecule has 1 rings (SSSR count). The summed E-state index contributed by atoms with van der Waals surface area (Å²) in [5.74, 6) is 0. The summed E-state index contributed by atoms with van der Waals surface area (Å²) in [6.45, 7) is 5.74. The molecule has 0 amide bonds. The highest BCUT2D eigenvalue weighted by atomic mass is 32.1. The number of nitrogens with one attached hydrogen (secondary N) is 1. The first-order valence-corrected chi connectivity index (χ1v) is 5.55. The normalized spacial score (nSPS) is 13.2. The van der Waals surface area contributed by atoms with Gasteiger partial charge in [0.05, 0.1) is 6.10 Å². The Morgan fingerprint density at radius 3 is 2.85 bits per heavy atom. The molecule has 0 aromatic carbocycles. The van der Waals surface area contributed by atoms with E-state index in [1.807, 2.05) is 6.92 Å². The maximum Gasteiger partial charge on any atom is 0.0524 e. The Bertz CT molecular complexity index is 245. The topological polar surface area (TPSA) is 32.3 Å². The summed E-state index contributed by atoms with van der Waals surface area (Å²) in [4.78, 5) is 0. The second-order valence-electron chi connectivity index (χ2n) is 3.39. The summed E-state index contributed by atoms with van der Waals surface area (Å²) in [5, 5.41) is 16.7. The molecule has 1 atom stereocenters. The molecule has 0 radical (unpaired) electrons. The minimum absolute atomic E-state index is 0.198. The Balaban J connectivity index is 2.17. The molecule has 0 aliphatic carbocycles. The van der Waals surface area contributed by atoms with E-state index in [1.165, 1.54) is 11.1 Å². The predicted octanol–water partition coefficient (Wildman–Crippen LogP) is 1.92. The van der Waals surface area contributed by atoms with Gasteiger partial charge in [-0.3, -0.25) is 0 Å². The van der Waals surface area contributed by atoms with Crippen molar-refractivity contribution in [1.29, 1.82) is 0 Å². The highest BCUT2D eigenvalue weighted by Gasteiger charge is 1.99. The smallest absolute Gasteiger partial charge is 0.0524 e. The summed E-state index contributed by atoms with van der Waals surface area (Å²) >= 11 is 1.74. The summed E-state index contributed by atoms with van der Waals surface area (Å²) in [7, 11) is 0. The molecule has 0 aliphatic rings. The molecule has 74 valence electrons. The molecule has 13 heavy (non-hydrogen) atoms. The van der Waals surface area contributed by atoms with E-state index in [0.717, 1.165) is 19.5 Å². The lowest BCUT2D eigenvalue weighted by atomic mass is 10.2. The van der Waals surface area contributed by atoms with Crippen molar-refractivity contribution in [3.63, 3.8) is 0 Å². The number of rotatable bonds is 5. The fourth-order valence-electron chi connectivity index (χ4n) is 1.10. The molecule has 0 bridgehead atoms. The van der Waals surface area contributed by atoms with Gasteiger partial charge in [-0.05, 0) is 48.7 Å². The first-order valence-electron chi connectivity index (χ1n) is 4.60. The van der Waals surface area contributed by atoms with Gasteiger partial charge in [0.25, 0.3) is 0 Å². The molecule has 1 heterocycles. The van der Waals surface area contributed by atoms with Crippen LogP contribution in [-0.2, 0) is 6.54 Å². The summed E-state index contributed by atoms with van der Waals surface area (Å²) in [6, 6.07) is 0. The van der Waals surface area contributed by atoms with Crippen LogP contribution in [-0.4, -0.2) is 17.8 Å². The van der Waals surface area contributed by atoms with Crippen LogP contribution < -0.4 is 5.32 Å². The highest BCUT2D eigenvalue weighted by molar-refractivity contribution is 7.08. The zero-order valence-corrected chi connectivity index (χ0v) is 9.03. The second kappa shape index (κ2) is 5.37. The monoisotopic (exact) mass is 199 g/mol. The molecular formula is C10H17NOS. The average Bonchev–Trinajstić information content (AvgIpc) is 2.45. The maximum absolute atomic E-state index is 9.03. The van der Waals surface area contributed by atoms with Crippen LogP contribution in [0.15, 0.2) is 10.8 Å². The van der Waals surface area contributed by atoms with Gasteiger partial charge in [-0.2, -0.15) is 11.3 Å². The van der Waals surface area contributed by atoms with Crippen molar-refractivity contribution in [2.75, 3.05) is 6.54 Å². The van der Waals surface area contributed by atoms with Crippen LogP contribution in [0.2, 0.25) is 0 Å². The Morgan fingerprint density at radius 1 is 1.54 bits per heavy atom. The van der Waals surface area contributed by atoms with Gasteiger partial charge >= 0.3 is 0 Å². The van der Waals surface area contributed by atoms with Crippen molar-refractivity contribution in [2.45, 2.75) is 32.9 Å². The zero-order valence-electron chi connectivity index (χ0n) is 8.21. The predicted molar refractivity (Wildman–Crippen MR) is 57.1 cm³/mol. The summed E-state index contributed by atoms with van der Waals surface area (Å²) in [6.07, 6.45) is 0.625. The van der Waals surface area contributed by atoms with Gasteiger partial charge in [0, 0.05) is 6.54 Å². The lowest BCUT2D eigenvalue weighted by Crippen LogP contribution is -2.18. The van der Waals surface area contributed by atoms with Crippen LogP contribution in [0.5, 0.6) is 0 Å². The van der Waals surface area contributed by atoms with Crippen LogP contribution in [0, 0.1) is 6.92 Å². The Hall–Kier alpha value is -0.380. The van der Waals surface area contributed by atoms with Crippen LogP contribution in [0.25, 0.3) is 0 Å². The fraction of sp³-hybridized carbons (Fsp3) is 0.600. The van der Waals surface area contributed by atoms with Gasteiger partial charge in [-0.15, -0.1) is 0 Å². The maximum atomic E-state index is 9.03. The SMILES string of the molecule is Cc1cscc1CNCCC(C)O. The molecule has 2 nitrogen and oxygen atoms in total. The number of hydrogen-bond acceptors (Lipinski definition) is 3. The average molecular weight is 199 g/mol. The highest BCUT2D eigenvalue weighted by Crippen LogP contribution is 2.12. The number of hydrogen-bond donors (Lipinski definition) is 2. The van der Waals surface area contributed by atoms with Crippen molar-refractivity contribution in [1.82, 2.24) is 5.32 Å². The van der Waals surface area contributed by atoms with Crippen LogP contribution in [0.3, 0.4) is 0 Å². The molecule has 0 fully saturated rings. The van der Waals surface area contributed by atoms with E-state index in [9.17, 15) is 0 Å². The van der Waals surface area contributed by atoms with Gasteiger partial charge in [-0.1, -0.05) is 0 Å². The Morgan fingerprint density at radius 2 is 2.31 bits per heavy atom. The number of aryl methyl sites for hydroxylation is 1. The lowest BCUT2D eigenvalue weighted by molar-refractivity contribution is 0.183.